The quantitative estimate of drug-likeness (QED) is 0.522. The van der Waals surface area contributed by atoms with Crippen LogP contribution in [-0.2, 0) is 6.42 Å². The summed E-state index contributed by atoms with van der Waals surface area (Å²) in [6, 6.07) is 15.7. The summed E-state index contributed by atoms with van der Waals surface area (Å²) in [5.41, 5.74) is 7.99. The van der Waals surface area contributed by atoms with Crippen LogP contribution in [-0.4, -0.2) is 26.3 Å². The predicted molar refractivity (Wildman–Crippen MR) is 95.2 cm³/mol. The maximum absolute atomic E-state index is 6.06. The highest BCUT2D eigenvalue weighted by Crippen LogP contribution is 2.23. The lowest BCUT2D eigenvalue weighted by molar-refractivity contribution is 0.218. The van der Waals surface area contributed by atoms with Gasteiger partial charge in [-0.25, -0.2) is 0 Å². The third-order valence-corrected chi connectivity index (χ3v) is 3.50. The second-order valence-corrected chi connectivity index (χ2v) is 5.34. The first-order valence-corrected chi connectivity index (χ1v) is 8.19. The van der Waals surface area contributed by atoms with Crippen molar-refractivity contribution >= 4 is 5.69 Å². The van der Waals surface area contributed by atoms with Crippen molar-refractivity contribution in [2.45, 2.75) is 19.8 Å². The van der Waals surface area contributed by atoms with E-state index in [4.69, 9.17) is 15.2 Å². The molecule has 0 fully saturated rings. The van der Waals surface area contributed by atoms with Crippen molar-refractivity contribution in [1.29, 1.82) is 0 Å². The molecule has 0 radical (unpaired) electrons. The Morgan fingerprint density at radius 2 is 1.78 bits per heavy atom. The number of para-hydroxylation sites is 1. The lowest BCUT2D eigenvalue weighted by Crippen LogP contribution is -2.14. The number of hydrogen-bond donors (Lipinski definition) is 2. The van der Waals surface area contributed by atoms with Crippen LogP contribution in [0.2, 0.25) is 0 Å². The molecule has 0 atom stereocenters. The summed E-state index contributed by atoms with van der Waals surface area (Å²) in [6.07, 6.45) is 2.13. The summed E-state index contributed by atoms with van der Waals surface area (Å²) in [6.45, 7) is 5.13. The van der Waals surface area contributed by atoms with E-state index in [1.54, 1.807) is 0 Å². The number of nitrogens with two attached hydrogens (primary N) is 1. The van der Waals surface area contributed by atoms with Crippen molar-refractivity contribution in [3.05, 3.63) is 54.1 Å². The predicted octanol–water partition coefficient (Wildman–Crippen LogP) is 3.27. The standard InChI is InChI=1S/C19H26N2O2/c1-2-21-12-6-7-16-10-11-19(18(20)15-16)23-14-13-22-17-8-4-3-5-9-17/h3-5,8-11,15,21H,2,6-7,12-14,20H2,1H3. The molecule has 2 aromatic rings. The summed E-state index contributed by atoms with van der Waals surface area (Å²) in [7, 11) is 0. The van der Waals surface area contributed by atoms with Gasteiger partial charge in [0, 0.05) is 0 Å². The van der Waals surface area contributed by atoms with E-state index in [9.17, 15) is 0 Å². The minimum Gasteiger partial charge on any atom is -0.490 e. The molecule has 0 aliphatic heterocycles. The van der Waals surface area contributed by atoms with Crippen molar-refractivity contribution < 1.29 is 9.47 Å². The summed E-state index contributed by atoms with van der Waals surface area (Å²) in [5, 5.41) is 3.32. The van der Waals surface area contributed by atoms with Gasteiger partial charge in [0.2, 0.25) is 0 Å². The zero-order chi connectivity index (χ0) is 16.3. The smallest absolute Gasteiger partial charge is 0.142 e. The Morgan fingerprint density at radius 3 is 2.52 bits per heavy atom. The van der Waals surface area contributed by atoms with Gasteiger partial charge in [-0.1, -0.05) is 31.2 Å². The molecule has 0 aliphatic rings. The van der Waals surface area contributed by atoms with Gasteiger partial charge in [0.05, 0.1) is 5.69 Å². The van der Waals surface area contributed by atoms with E-state index in [1.165, 1.54) is 5.56 Å². The fraction of sp³-hybridized carbons (Fsp3) is 0.368. The molecule has 23 heavy (non-hydrogen) atoms. The number of hydrogen-bond acceptors (Lipinski definition) is 4. The fourth-order valence-corrected chi connectivity index (χ4v) is 2.31. The molecule has 0 heterocycles. The molecule has 124 valence electrons. The number of rotatable bonds is 10. The Morgan fingerprint density at radius 1 is 1.00 bits per heavy atom. The zero-order valence-electron chi connectivity index (χ0n) is 13.8. The molecule has 4 heteroatoms. The molecule has 3 N–H and O–H groups in total. The van der Waals surface area contributed by atoms with Crippen LogP contribution in [0.25, 0.3) is 0 Å². The van der Waals surface area contributed by atoms with Crippen LogP contribution in [0.5, 0.6) is 11.5 Å². The fourth-order valence-electron chi connectivity index (χ4n) is 2.31. The van der Waals surface area contributed by atoms with Crippen LogP contribution >= 0.6 is 0 Å². The Bertz CT molecular complexity index is 573. The molecule has 0 saturated heterocycles. The van der Waals surface area contributed by atoms with Gasteiger partial charge in [0.15, 0.2) is 0 Å². The maximum atomic E-state index is 6.06. The van der Waals surface area contributed by atoms with Crippen molar-refractivity contribution in [3.63, 3.8) is 0 Å². The molecule has 0 saturated carbocycles. The van der Waals surface area contributed by atoms with Gasteiger partial charge < -0.3 is 20.5 Å². The van der Waals surface area contributed by atoms with Crippen molar-refractivity contribution in [1.82, 2.24) is 5.32 Å². The lowest BCUT2D eigenvalue weighted by Gasteiger charge is -2.11. The monoisotopic (exact) mass is 314 g/mol. The number of ether oxygens (including phenoxy) is 2. The molecule has 4 nitrogen and oxygen atoms in total. The summed E-state index contributed by atoms with van der Waals surface area (Å²) < 4.78 is 11.3. The summed E-state index contributed by atoms with van der Waals surface area (Å²) >= 11 is 0. The molecule has 0 aliphatic carbocycles. The average Bonchev–Trinajstić information content (AvgIpc) is 2.58. The lowest BCUT2D eigenvalue weighted by atomic mass is 10.1. The van der Waals surface area contributed by atoms with Gasteiger partial charge >= 0.3 is 0 Å². The maximum Gasteiger partial charge on any atom is 0.142 e. The van der Waals surface area contributed by atoms with E-state index in [2.05, 4.69) is 18.3 Å². The highest BCUT2D eigenvalue weighted by molar-refractivity contribution is 5.54. The number of nitrogens with one attached hydrogen (secondary N) is 1. The second-order valence-electron chi connectivity index (χ2n) is 5.34. The van der Waals surface area contributed by atoms with Crippen LogP contribution in [0.3, 0.4) is 0 Å². The molecule has 0 unspecified atom stereocenters. The Hall–Kier alpha value is -2.20. The first-order chi connectivity index (χ1) is 11.3. The molecule has 0 aromatic heterocycles. The van der Waals surface area contributed by atoms with E-state index in [-0.39, 0.29) is 0 Å². The highest BCUT2D eigenvalue weighted by atomic mass is 16.5. The van der Waals surface area contributed by atoms with Gasteiger partial charge in [-0.2, -0.15) is 0 Å². The van der Waals surface area contributed by atoms with Crippen molar-refractivity contribution in [3.8, 4) is 11.5 Å². The van der Waals surface area contributed by atoms with Crippen LogP contribution in [0.1, 0.15) is 18.9 Å². The summed E-state index contributed by atoms with van der Waals surface area (Å²) in [4.78, 5) is 0. The van der Waals surface area contributed by atoms with Gasteiger partial charge in [-0.3, -0.25) is 0 Å². The molecule has 0 spiro atoms. The van der Waals surface area contributed by atoms with Gasteiger partial charge in [-0.05, 0) is 55.8 Å². The molecular weight excluding hydrogens is 288 g/mol. The van der Waals surface area contributed by atoms with Gasteiger partial charge in [0.1, 0.15) is 24.7 Å². The molecule has 0 amide bonds. The largest absolute Gasteiger partial charge is 0.490 e. The average molecular weight is 314 g/mol. The number of anilines is 1. The van der Waals surface area contributed by atoms with Gasteiger partial charge in [-0.15, -0.1) is 0 Å². The highest BCUT2D eigenvalue weighted by Gasteiger charge is 2.03. The molecule has 0 bridgehead atoms. The van der Waals surface area contributed by atoms with Gasteiger partial charge in [0.25, 0.3) is 0 Å². The first-order valence-electron chi connectivity index (χ1n) is 8.19. The van der Waals surface area contributed by atoms with E-state index in [1.807, 2.05) is 42.5 Å². The molecule has 2 rings (SSSR count). The van der Waals surface area contributed by atoms with E-state index < -0.39 is 0 Å². The topological polar surface area (TPSA) is 56.5 Å². The Balaban J connectivity index is 1.72. The third-order valence-electron chi connectivity index (χ3n) is 3.50. The molecule has 2 aromatic carbocycles. The molecular formula is C19H26N2O2. The Kier molecular flexibility index (Phi) is 7.27. The number of benzene rings is 2. The van der Waals surface area contributed by atoms with Crippen molar-refractivity contribution in [2.24, 2.45) is 0 Å². The summed E-state index contributed by atoms with van der Waals surface area (Å²) in [5.74, 6) is 1.57. The minimum atomic E-state index is 0.471. The van der Waals surface area contributed by atoms with E-state index in [0.29, 0.717) is 18.9 Å². The number of nitrogen functional groups attached to an aromatic ring is 1. The first kappa shape index (κ1) is 17.2. The van der Waals surface area contributed by atoms with E-state index >= 15 is 0 Å². The van der Waals surface area contributed by atoms with Crippen LogP contribution in [0, 0.1) is 0 Å². The SMILES string of the molecule is CCNCCCc1ccc(OCCOc2ccccc2)c(N)c1. The zero-order valence-corrected chi connectivity index (χ0v) is 13.8. The normalized spacial score (nSPS) is 10.5. The van der Waals surface area contributed by atoms with Crippen molar-refractivity contribution in [2.75, 3.05) is 32.0 Å². The second kappa shape index (κ2) is 9.74. The third kappa shape index (κ3) is 6.20. The van der Waals surface area contributed by atoms with E-state index in [0.717, 1.165) is 37.4 Å². The van der Waals surface area contributed by atoms with Crippen LogP contribution in [0.4, 0.5) is 5.69 Å². The minimum absolute atomic E-state index is 0.471. The van der Waals surface area contributed by atoms with Crippen LogP contribution in [0.15, 0.2) is 48.5 Å². The number of aryl methyl sites for hydroxylation is 1. The van der Waals surface area contributed by atoms with Crippen LogP contribution < -0.4 is 20.5 Å². The Labute approximate surface area is 138 Å².